The van der Waals surface area contributed by atoms with Crippen LogP contribution in [0.5, 0.6) is 11.5 Å². The minimum Gasteiger partial charge on any atom is -0.493 e. The Balaban J connectivity index is 3.22. The first-order chi connectivity index (χ1) is 7.26. The molecule has 1 rings (SSSR count). The Bertz CT molecular complexity index is 382. The molecular formula is C11H13NO3. The van der Waals surface area contributed by atoms with E-state index in [1.54, 1.807) is 26.4 Å². The molecule has 80 valence electrons. The zero-order valence-electron chi connectivity index (χ0n) is 9.03. The highest BCUT2D eigenvalue weighted by Crippen LogP contribution is 2.30. The van der Waals surface area contributed by atoms with Crippen molar-refractivity contribution < 1.29 is 14.2 Å². The molecule has 0 saturated heterocycles. The maximum Gasteiger partial charge on any atom is 0.162 e. The fraction of sp³-hybridized carbons (Fsp3) is 0.364. The van der Waals surface area contributed by atoms with Gasteiger partial charge in [-0.2, -0.15) is 5.26 Å². The van der Waals surface area contributed by atoms with Gasteiger partial charge in [0.05, 0.1) is 32.5 Å². The monoisotopic (exact) mass is 207 g/mol. The highest BCUT2D eigenvalue weighted by molar-refractivity contribution is 5.51. The molecule has 0 aliphatic heterocycles. The van der Waals surface area contributed by atoms with Crippen LogP contribution in [0, 0.1) is 11.3 Å². The van der Waals surface area contributed by atoms with Crippen molar-refractivity contribution in [3.8, 4) is 17.6 Å². The number of hydrogen-bond acceptors (Lipinski definition) is 4. The summed E-state index contributed by atoms with van der Waals surface area (Å²) in [5.74, 6) is 1.15. The molecular weight excluding hydrogens is 194 g/mol. The first kappa shape index (κ1) is 11.3. The first-order valence-electron chi connectivity index (χ1n) is 4.40. The molecule has 4 nitrogen and oxygen atoms in total. The molecule has 0 amide bonds. The maximum absolute atomic E-state index is 8.93. The zero-order valence-corrected chi connectivity index (χ0v) is 9.03. The van der Waals surface area contributed by atoms with Crippen LogP contribution in [-0.4, -0.2) is 21.3 Å². The van der Waals surface area contributed by atoms with Crippen LogP contribution in [0.4, 0.5) is 0 Å². The van der Waals surface area contributed by atoms with Gasteiger partial charge in [-0.3, -0.25) is 0 Å². The lowest BCUT2D eigenvalue weighted by molar-refractivity contribution is 0.184. The average Bonchev–Trinajstić information content (AvgIpc) is 2.28. The van der Waals surface area contributed by atoms with E-state index in [2.05, 4.69) is 6.07 Å². The fourth-order valence-corrected chi connectivity index (χ4v) is 1.30. The van der Waals surface area contributed by atoms with Crippen LogP contribution in [0.25, 0.3) is 0 Å². The van der Waals surface area contributed by atoms with E-state index in [0.29, 0.717) is 23.7 Å². The van der Waals surface area contributed by atoms with Gasteiger partial charge in [0, 0.05) is 13.2 Å². The van der Waals surface area contributed by atoms with E-state index in [-0.39, 0.29) is 0 Å². The summed E-state index contributed by atoms with van der Waals surface area (Å²) < 4.78 is 15.2. The highest BCUT2D eigenvalue weighted by Gasteiger charge is 2.10. The summed E-state index contributed by atoms with van der Waals surface area (Å²) in [6, 6.07) is 5.49. The molecule has 0 N–H and O–H groups in total. The Morgan fingerprint density at radius 2 is 1.73 bits per heavy atom. The molecule has 4 heteroatoms. The highest BCUT2D eigenvalue weighted by atomic mass is 16.5. The number of nitriles is 1. The number of hydrogen-bond donors (Lipinski definition) is 0. The van der Waals surface area contributed by atoms with E-state index >= 15 is 0 Å². The van der Waals surface area contributed by atoms with Gasteiger partial charge in [0.15, 0.2) is 11.5 Å². The quantitative estimate of drug-likeness (QED) is 0.754. The molecule has 1 aromatic carbocycles. The van der Waals surface area contributed by atoms with E-state index in [1.165, 1.54) is 7.11 Å². The maximum atomic E-state index is 8.93. The molecule has 0 spiro atoms. The minimum atomic E-state index is 0.378. The van der Waals surface area contributed by atoms with Crippen molar-refractivity contribution in [2.75, 3.05) is 21.3 Å². The van der Waals surface area contributed by atoms with E-state index in [9.17, 15) is 0 Å². The Morgan fingerprint density at radius 3 is 2.20 bits per heavy atom. The van der Waals surface area contributed by atoms with Crippen molar-refractivity contribution in [1.82, 2.24) is 0 Å². The van der Waals surface area contributed by atoms with Crippen LogP contribution in [0.2, 0.25) is 0 Å². The Hall–Kier alpha value is -1.73. The van der Waals surface area contributed by atoms with E-state index in [1.807, 2.05) is 0 Å². The van der Waals surface area contributed by atoms with Gasteiger partial charge in [0.25, 0.3) is 0 Å². The van der Waals surface area contributed by atoms with Crippen molar-refractivity contribution in [2.24, 2.45) is 0 Å². The van der Waals surface area contributed by atoms with Crippen LogP contribution in [0.15, 0.2) is 12.1 Å². The van der Waals surface area contributed by atoms with Crippen molar-refractivity contribution in [3.63, 3.8) is 0 Å². The summed E-state index contributed by atoms with van der Waals surface area (Å²) in [6.07, 6.45) is 0. The van der Waals surface area contributed by atoms with Crippen LogP contribution in [-0.2, 0) is 11.3 Å². The predicted octanol–water partition coefficient (Wildman–Crippen LogP) is 1.72. The molecule has 0 radical (unpaired) electrons. The molecule has 1 aromatic rings. The second kappa shape index (κ2) is 5.23. The topological polar surface area (TPSA) is 51.5 Å². The zero-order chi connectivity index (χ0) is 11.3. The van der Waals surface area contributed by atoms with Gasteiger partial charge in [-0.25, -0.2) is 0 Å². The lowest BCUT2D eigenvalue weighted by Crippen LogP contribution is -1.97. The average molecular weight is 207 g/mol. The molecule has 0 fully saturated rings. The normalized spacial score (nSPS) is 9.47. The second-order valence-corrected chi connectivity index (χ2v) is 2.91. The Labute approximate surface area is 89.0 Å². The minimum absolute atomic E-state index is 0.378. The van der Waals surface area contributed by atoms with E-state index in [0.717, 1.165) is 5.56 Å². The third-order valence-electron chi connectivity index (χ3n) is 2.03. The summed E-state index contributed by atoms with van der Waals surface area (Å²) in [7, 11) is 4.67. The Morgan fingerprint density at radius 1 is 1.13 bits per heavy atom. The second-order valence-electron chi connectivity index (χ2n) is 2.91. The fourth-order valence-electron chi connectivity index (χ4n) is 1.30. The number of nitrogens with zero attached hydrogens (tertiary/aromatic N) is 1. The third kappa shape index (κ3) is 2.39. The van der Waals surface area contributed by atoms with Crippen molar-refractivity contribution in [2.45, 2.75) is 6.61 Å². The van der Waals surface area contributed by atoms with Crippen molar-refractivity contribution >= 4 is 0 Å². The van der Waals surface area contributed by atoms with E-state index in [4.69, 9.17) is 19.5 Å². The molecule has 0 aliphatic carbocycles. The molecule has 0 heterocycles. The van der Waals surface area contributed by atoms with Gasteiger partial charge in [-0.1, -0.05) is 0 Å². The number of methoxy groups -OCH3 is 3. The molecule has 0 aromatic heterocycles. The molecule has 0 unspecified atom stereocenters. The van der Waals surface area contributed by atoms with Gasteiger partial charge >= 0.3 is 0 Å². The predicted molar refractivity (Wildman–Crippen MR) is 55.0 cm³/mol. The van der Waals surface area contributed by atoms with Crippen molar-refractivity contribution in [3.05, 3.63) is 23.3 Å². The summed E-state index contributed by atoms with van der Waals surface area (Å²) in [5.41, 5.74) is 1.33. The van der Waals surface area contributed by atoms with Crippen LogP contribution >= 0.6 is 0 Å². The first-order valence-corrected chi connectivity index (χ1v) is 4.40. The Kier molecular flexibility index (Phi) is 3.95. The van der Waals surface area contributed by atoms with Crippen molar-refractivity contribution in [1.29, 1.82) is 5.26 Å². The van der Waals surface area contributed by atoms with Gasteiger partial charge in [0.2, 0.25) is 0 Å². The molecule has 0 bridgehead atoms. The van der Waals surface area contributed by atoms with Gasteiger partial charge in [-0.05, 0) is 11.6 Å². The lowest BCUT2D eigenvalue weighted by atomic mass is 10.1. The number of benzene rings is 1. The largest absolute Gasteiger partial charge is 0.493 e. The molecule has 0 saturated carbocycles. The van der Waals surface area contributed by atoms with Crippen LogP contribution in [0.1, 0.15) is 11.1 Å². The number of ether oxygens (including phenoxy) is 3. The summed E-state index contributed by atoms with van der Waals surface area (Å²) in [6.45, 7) is 0.378. The van der Waals surface area contributed by atoms with Gasteiger partial charge in [-0.15, -0.1) is 0 Å². The SMILES string of the molecule is COCc1cc(OC)c(OC)cc1C#N. The standard InChI is InChI=1S/C11H13NO3/c1-13-7-9-5-11(15-3)10(14-2)4-8(9)6-12/h4-5H,7H2,1-3H3. The van der Waals surface area contributed by atoms with Crippen LogP contribution in [0.3, 0.4) is 0 Å². The third-order valence-corrected chi connectivity index (χ3v) is 2.03. The lowest BCUT2D eigenvalue weighted by Gasteiger charge is -2.10. The summed E-state index contributed by atoms with van der Waals surface area (Å²) >= 11 is 0. The molecule has 0 aliphatic rings. The van der Waals surface area contributed by atoms with Gasteiger partial charge < -0.3 is 14.2 Å². The molecule has 0 atom stereocenters. The summed E-state index contributed by atoms with van der Waals surface area (Å²) in [5, 5.41) is 8.93. The van der Waals surface area contributed by atoms with E-state index < -0.39 is 0 Å². The molecule has 15 heavy (non-hydrogen) atoms. The van der Waals surface area contributed by atoms with Gasteiger partial charge in [0.1, 0.15) is 0 Å². The number of rotatable bonds is 4. The summed E-state index contributed by atoms with van der Waals surface area (Å²) in [4.78, 5) is 0. The smallest absolute Gasteiger partial charge is 0.162 e. The van der Waals surface area contributed by atoms with Crippen LogP contribution < -0.4 is 9.47 Å².